The van der Waals surface area contributed by atoms with Crippen LogP contribution in [0.5, 0.6) is 5.75 Å². The van der Waals surface area contributed by atoms with Crippen molar-refractivity contribution in [3.05, 3.63) is 60.5 Å². The summed E-state index contributed by atoms with van der Waals surface area (Å²) in [4.78, 5) is 44.2. The van der Waals surface area contributed by atoms with Gasteiger partial charge >= 0.3 is 0 Å². The lowest BCUT2D eigenvalue weighted by Crippen LogP contribution is -2.43. The highest BCUT2D eigenvalue weighted by atomic mass is 35.5. The second-order valence-corrected chi connectivity index (χ2v) is 9.86. The number of ether oxygens (including phenoxy) is 2. The third-order valence-electron chi connectivity index (χ3n) is 6.62. The minimum atomic E-state index is -0.275. The number of halogens is 2. The number of aromatic nitrogens is 1. The number of rotatable bonds is 6. The first-order valence-corrected chi connectivity index (χ1v) is 12.4. The van der Waals surface area contributed by atoms with E-state index in [-0.39, 0.29) is 41.7 Å². The van der Waals surface area contributed by atoms with Crippen molar-refractivity contribution < 1.29 is 19.1 Å². The van der Waals surface area contributed by atoms with E-state index in [1.807, 2.05) is 19.9 Å². The van der Waals surface area contributed by atoms with Crippen molar-refractivity contribution in [2.45, 2.75) is 45.8 Å². The molecule has 1 saturated heterocycles. The van der Waals surface area contributed by atoms with Gasteiger partial charge in [0.15, 0.2) is 0 Å². The number of carbonyl (C=O) groups excluding carboxylic acids is 2. The standard InChI is InChI=1S/C25H29Cl2N3O5/c1-14-10-15(2)28-24(32)18(14)12-30-9-6-17-19(26)11-20(23(27)22(17)25(30)33)35-16-4-7-29(8-5-16)21(31)13-34-3/h10-11,16H,4-9,12-13H2,1-3H3,(H,28,32). The summed E-state index contributed by atoms with van der Waals surface area (Å²) in [5.41, 5.74) is 2.99. The Labute approximate surface area is 214 Å². The molecule has 2 aliphatic heterocycles. The normalized spacial score (nSPS) is 16.4. The first-order chi connectivity index (χ1) is 16.7. The van der Waals surface area contributed by atoms with Crippen LogP contribution in [0.4, 0.5) is 0 Å². The highest BCUT2D eigenvalue weighted by Crippen LogP contribution is 2.40. The van der Waals surface area contributed by atoms with Gasteiger partial charge in [-0.3, -0.25) is 14.4 Å². The number of nitrogens with one attached hydrogen (secondary N) is 1. The second kappa shape index (κ2) is 10.6. The Morgan fingerprint density at radius 3 is 2.51 bits per heavy atom. The third kappa shape index (κ3) is 5.34. The van der Waals surface area contributed by atoms with Gasteiger partial charge in [0.05, 0.1) is 17.1 Å². The van der Waals surface area contributed by atoms with E-state index in [2.05, 4.69) is 4.98 Å². The van der Waals surface area contributed by atoms with Crippen molar-refractivity contribution in [3.8, 4) is 5.75 Å². The number of fused-ring (bicyclic) bond motifs is 1. The SMILES string of the molecule is COCC(=O)N1CCC(Oc2cc(Cl)c3c(c2Cl)C(=O)N(Cc2c(C)cc(C)[nH]c2=O)CC3)CC1. The molecule has 1 aromatic heterocycles. The predicted octanol–water partition coefficient (Wildman–Crippen LogP) is 3.51. The van der Waals surface area contributed by atoms with E-state index < -0.39 is 0 Å². The van der Waals surface area contributed by atoms with E-state index in [1.165, 1.54) is 7.11 Å². The lowest BCUT2D eigenvalue weighted by atomic mass is 9.97. The number of aryl methyl sites for hydroxylation is 2. The molecular formula is C25H29Cl2N3O5. The van der Waals surface area contributed by atoms with Crippen LogP contribution in [0.3, 0.4) is 0 Å². The van der Waals surface area contributed by atoms with Crippen molar-refractivity contribution in [2.24, 2.45) is 0 Å². The summed E-state index contributed by atoms with van der Waals surface area (Å²) in [6, 6.07) is 3.56. The molecule has 1 aromatic carbocycles. The molecule has 3 heterocycles. The Hall–Kier alpha value is -2.55. The number of amides is 2. The van der Waals surface area contributed by atoms with E-state index in [4.69, 9.17) is 32.7 Å². The summed E-state index contributed by atoms with van der Waals surface area (Å²) < 4.78 is 11.1. The molecule has 2 aromatic rings. The van der Waals surface area contributed by atoms with Crippen LogP contribution < -0.4 is 10.3 Å². The molecule has 1 fully saturated rings. The number of benzene rings is 1. The summed E-state index contributed by atoms with van der Waals surface area (Å²) in [5, 5.41) is 0.663. The molecule has 0 radical (unpaired) electrons. The minimum absolute atomic E-state index is 0.0471. The zero-order chi connectivity index (χ0) is 25.3. The van der Waals surface area contributed by atoms with Gasteiger partial charge in [0.2, 0.25) is 5.91 Å². The van der Waals surface area contributed by atoms with E-state index in [0.717, 1.165) is 11.3 Å². The molecule has 2 aliphatic rings. The van der Waals surface area contributed by atoms with Crippen LogP contribution in [0.2, 0.25) is 10.0 Å². The number of H-pyrrole nitrogens is 1. The number of carbonyl (C=O) groups is 2. The number of hydrogen-bond donors (Lipinski definition) is 1. The van der Waals surface area contributed by atoms with Crippen molar-refractivity contribution in [1.29, 1.82) is 0 Å². The molecule has 0 bridgehead atoms. The van der Waals surface area contributed by atoms with Crippen LogP contribution in [-0.4, -0.2) is 66.1 Å². The Balaban J connectivity index is 1.52. The smallest absolute Gasteiger partial charge is 0.256 e. The van der Waals surface area contributed by atoms with Gasteiger partial charge in [0.25, 0.3) is 11.5 Å². The maximum absolute atomic E-state index is 13.5. The molecule has 10 heteroatoms. The molecule has 8 nitrogen and oxygen atoms in total. The third-order valence-corrected chi connectivity index (χ3v) is 7.33. The predicted molar refractivity (Wildman–Crippen MR) is 134 cm³/mol. The lowest BCUT2D eigenvalue weighted by molar-refractivity contribution is -0.136. The average Bonchev–Trinajstić information content (AvgIpc) is 2.81. The molecule has 35 heavy (non-hydrogen) atoms. The van der Waals surface area contributed by atoms with Crippen molar-refractivity contribution >= 4 is 35.0 Å². The Morgan fingerprint density at radius 1 is 1.14 bits per heavy atom. The van der Waals surface area contributed by atoms with Crippen LogP contribution in [0.25, 0.3) is 0 Å². The Bertz CT molecular complexity index is 1200. The molecule has 188 valence electrons. The largest absolute Gasteiger partial charge is 0.489 e. The van der Waals surface area contributed by atoms with Crippen LogP contribution >= 0.6 is 23.2 Å². The highest BCUT2D eigenvalue weighted by molar-refractivity contribution is 6.38. The van der Waals surface area contributed by atoms with Crippen LogP contribution in [-0.2, 0) is 22.5 Å². The van der Waals surface area contributed by atoms with Gasteiger partial charge in [-0.15, -0.1) is 0 Å². The summed E-state index contributed by atoms with van der Waals surface area (Å²) in [6.07, 6.45) is 1.64. The van der Waals surface area contributed by atoms with Gasteiger partial charge < -0.3 is 24.3 Å². The first-order valence-electron chi connectivity index (χ1n) is 11.6. The molecule has 0 unspecified atom stereocenters. The van der Waals surface area contributed by atoms with Crippen molar-refractivity contribution in [1.82, 2.24) is 14.8 Å². The molecule has 0 spiro atoms. The maximum Gasteiger partial charge on any atom is 0.256 e. The molecule has 0 saturated carbocycles. The molecular weight excluding hydrogens is 493 g/mol. The van der Waals surface area contributed by atoms with E-state index >= 15 is 0 Å². The van der Waals surface area contributed by atoms with Gasteiger partial charge in [0, 0.05) is 61.9 Å². The van der Waals surface area contributed by atoms with Crippen molar-refractivity contribution in [3.63, 3.8) is 0 Å². The molecule has 4 rings (SSSR count). The van der Waals surface area contributed by atoms with Gasteiger partial charge in [-0.1, -0.05) is 23.2 Å². The second-order valence-electron chi connectivity index (χ2n) is 9.07. The molecule has 0 atom stereocenters. The number of aromatic amines is 1. The van der Waals surface area contributed by atoms with E-state index in [1.54, 1.807) is 15.9 Å². The molecule has 0 aliphatic carbocycles. The number of nitrogens with zero attached hydrogens (tertiary/aromatic N) is 2. The van der Waals surface area contributed by atoms with E-state index in [9.17, 15) is 14.4 Å². The zero-order valence-corrected chi connectivity index (χ0v) is 21.6. The first kappa shape index (κ1) is 25.5. The summed E-state index contributed by atoms with van der Waals surface area (Å²) in [5.74, 6) is 0.0359. The highest BCUT2D eigenvalue weighted by Gasteiger charge is 2.32. The van der Waals surface area contributed by atoms with Crippen LogP contribution in [0.1, 0.15) is 45.6 Å². The van der Waals surface area contributed by atoms with Gasteiger partial charge in [0.1, 0.15) is 18.5 Å². The van der Waals surface area contributed by atoms with Gasteiger partial charge in [-0.2, -0.15) is 0 Å². The Morgan fingerprint density at radius 2 is 1.86 bits per heavy atom. The number of likely N-dealkylation sites (tertiary alicyclic amines) is 1. The monoisotopic (exact) mass is 521 g/mol. The fraction of sp³-hybridized carbons (Fsp3) is 0.480. The van der Waals surface area contributed by atoms with Gasteiger partial charge in [-0.05, 0) is 37.5 Å². The molecule has 2 amide bonds. The van der Waals surface area contributed by atoms with E-state index in [0.29, 0.717) is 66.4 Å². The topological polar surface area (TPSA) is 91.9 Å². The van der Waals surface area contributed by atoms with Crippen molar-refractivity contribution in [2.75, 3.05) is 33.4 Å². The minimum Gasteiger partial charge on any atom is -0.489 e. The zero-order valence-electron chi connectivity index (χ0n) is 20.1. The number of piperidine rings is 1. The summed E-state index contributed by atoms with van der Waals surface area (Å²) in [6.45, 7) is 5.48. The van der Waals surface area contributed by atoms with Crippen LogP contribution in [0, 0.1) is 13.8 Å². The fourth-order valence-electron chi connectivity index (χ4n) is 4.74. The molecule has 1 N–H and O–H groups in total. The van der Waals surface area contributed by atoms with Gasteiger partial charge in [-0.25, -0.2) is 0 Å². The fourth-order valence-corrected chi connectivity index (χ4v) is 5.32. The average molecular weight is 522 g/mol. The summed E-state index contributed by atoms with van der Waals surface area (Å²) >= 11 is 13.3. The number of hydrogen-bond acceptors (Lipinski definition) is 5. The Kier molecular flexibility index (Phi) is 7.73. The lowest BCUT2D eigenvalue weighted by Gasteiger charge is -2.33. The quantitative estimate of drug-likeness (QED) is 0.627. The number of methoxy groups -OCH3 is 1. The van der Waals surface area contributed by atoms with Crippen LogP contribution in [0.15, 0.2) is 16.9 Å². The summed E-state index contributed by atoms with van der Waals surface area (Å²) in [7, 11) is 1.50. The maximum atomic E-state index is 13.5. The number of pyridine rings is 1.